The molecule has 134 valence electrons. The second-order valence-corrected chi connectivity index (χ2v) is 8.41. The molecule has 2 aliphatic heterocycles. The van der Waals surface area contributed by atoms with Crippen LogP contribution in [0.5, 0.6) is 0 Å². The Morgan fingerprint density at radius 2 is 2.17 bits per heavy atom. The zero-order chi connectivity index (χ0) is 16.0. The molecule has 2 rings (SSSR count). The monoisotopic (exact) mass is 454 g/mol. The molecule has 1 N–H and O–H groups in total. The van der Waals surface area contributed by atoms with Gasteiger partial charge in [-0.1, -0.05) is 0 Å². The summed E-state index contributed by atoms with van der Waals surface area (Å²) < 4.78 is 0.288. The van der Waals surface area contributed by atoms with E-state index >= 15 is 0 Å². The number of thioether (sulfide) groups is 1. The van der Waals surface area contributed by atoms with Gasteiger partial charge in [-0.25, -0.2) is 0 Å². The molecule has 0 radical (unpaired) electrons. The summed E-state index contributed by atoms with van der Waals surface area (Å²) in [6.07, 6.45) is 2.70. The summed E-state index contributed by atoms with van der Waals surface area (Å²) in [5, 5.41) is 3.41. The molecule has 0 unspecified atom stereocenters. The average Bonchev–Trinajstić information content (AvgIpc) is 2.86. The molecule has 2 fully saturated rings. The van der Waals surface area contributed by atoms with Gasteiger partial charge in [0.05, 0.1) is 0 Å². The van der Waals surface area contributed by atoms with Gasteiger partial charge < -0.3 is 15.1 Å². The van der Waals surface area contributed by atoms with Gasteiger partial charge in [0.2, 0.25) is 5.91 Å². The summed E-state index contributed by atoms with van der Waals surface area (Å²) in [7, 11) is 0. The van der Waals surface area contributed by atoms with Gasteiger partial charge in [-0.3, -0.25) is 9.79 Å². The average molecular weight is 454 g/mol. The van der Waals surface area contributed by atoms with E-state index < -0.39 is 0 Å². The topological polar surface area (TPSA) is 47.9 Å². The van der Waals surface area contributed by atoms with Crippen molar-refractivity contribution in [1.82, 2.24) is 15.1 Å². The lowest BCUT2D eigenvalue weighted by Crippen LogP contribution is -2.51. The van der Waals surface area contributed by atoms with Crippen LogP contribution in [0, 0.1) is 0 Å². The van der Waals surface area contributed by atoms with Crippen molar-refractivity contribution in [3.05, 3.63) is 0 Å². The number of carbonyl (C=O) groups excluding carboxylic acids is 1. The number of rotatable bonds is 5. The van der Waals surface area contributed by atoms with Crippen molar-refractivity contribution < 1.29 is 4.79 Å². The van der Waals surface area contributed by atoms with Crippen LogP contribution in [0.3, 0.4) is 0 Å². The number of aliphatic imine (C=N–C) groups is 1. The molecular weight excluding hydrogens is 423 g/mol. The molecule has 2 saturated heterocycles. The molecule has 0 aromatic heterocycles. The Kier molecular flexibility index (Phi) is 9.03. The second kappa shape index (κ2) is 9.96. The number of hydrogen-bond acceptors (Lipinski definition) is 3. The van der Waals surface area contributed by atoms with Crippen LogP contribution < -0.4 is 5.32 Å². The summed E-state index contributed by atoms with van der Waals surface area (Å²) in [5.41, 5.74) is 0. The lowest BCUT2D eigenvalue weighted by atomic mass is 10.2. The molecule has 0 aromatic rings. The van der Waals surface area contributed by atoms with Crippen molar-refractivity contribution in [1.29, 1.82) is 0 Å². The molecule has 0 bridgehead atoms. The maximum Gasteiger partial charge on any atom is 0.222 e. The third-order valence-corrected chi connectivity index (χ3v) is 5.38. The van der Waals surface area contributed by atoms with E-state index in [0.717, 1.165) is 70.2 Å². The van der Waals surface area contributed by atoms with Gasteiger partial charge in [0.25, 0.3) is 0 Å². The number of carbonyl (C=O) groups is 1. The molecule has 2 aliphatic rings. The fourth-order valence-electron chi connectivity index (χ4n) is 3.01. The Bertz CT molecular complexity index is 417. The van der Waals surface area contributed by atoms with E-state index in [1.165, 1.54) is 0 Å². The van der Waals surface area contributed by atoms with Crippen LogP contribution in [-0.2, 0) is 4.79 Å². The molecule has 1 amide bonds. The van der Waals surface area contributed by atoms with Crippen molar-refractivity contribution >= 4 is 47.6 Å². The van der Waals surface area contributed by atoms with Crippen LogP contribution in [0.2, 0.25) is 0 Å². The van der Waals surface area contributed by atoms with Gasteiger partial charge in [0, 0.05) is 56.2 Å². The Hall–Kier alpha value is -0.180. The second-order valence-electron chi connectivity index (χ2n) is 6.60. The van der Waals surface area contributed by atoms with Gasteiger partial charge in [-0.05, 0) is 33.6 Å². The Morgan fingerprint density at radius 1 is 1.39 bits per heavy atom. The molecule has 0 spiro atoms. The fourth-order valence-corrected chi connectivity index (χ4v) is 4.12. The Labute approximate surface area is 162 Å². The highest BCUT2D eigenvalue weighted by atomic mass is 127. The minimum absolute atomic E-state index is 0. The first-order chi connectivity index (χ1) is 10.5. The molecule has 0 atom stereocenters. The maximum absolute atomic E-state index is 11.6. The SMILES string of the molecule is CCNC(=NCCCN1CCCC1=O)N1CCSC(C)(C)C1.I. The maximum atomic E-state index is 11.6. The number of guanidine groups is 1. The molecule has 0 aliphatic carbocycles. The molecule has 0 saturated carbocycles. The van der Waals surface area contributed by atoms with Gasteiger partial charge in [-0.15, -0.1) is 24.0 Å². The fraction of sp³-hybridized carbons (Fsp3) is 0.875. The third-order valence-electron chi connectivity index (χ3n) is 4.08. The van der Waals surface area contributed by atoms with Crippen molar-refractivity contribution in [2.45, 2.75) is 44.8 Å². The predicted molar refractivity (Wildman–Crippen MR) is 110 cm³/mol. The highest BCUT2D eigenvalue weighted by Gasteiger charge is 2.28. The van der Waals surface area contributed by atoms with Crippen molar-refractivity contribution in [3.8, 4) is 0 Å². The highest BCUT2D eigenvalue weighted by molar-refractivity contribution is 14.0. The van der Waals surface area contributed by atoms with Gasteiger partial charge in [0.15, 0.2) is 5.96 Å². The first-order valence-electron chi connectivity index (χ1n) is 8.47. The van der Waals surface area contributed by atoms with E-state index in [4.69, 9.17) is 4.99 Å². The molecule has 5 nitrogen and oxygen atoms in total. The van der Waals surface area contributed by atoms with Crippen molar-refractivity contribution in [2.24, 2.45) is 4.99 Å². The minimum atomic E-state index is 0. The predicted octanol–water partition coefficient (Wildman–Crippen LogP) is 2.41. The summed E-state index contributed by atoms with van der Waals surface area (Å²) in [4.78, 5) is 20.7. The number of hydrogen-bond donors (Lipinski definition) is 1. The number of amides is 1. The highest BCUT2D eigenvalue weighted by Crippen LogP contribution is 2.29. The van der Waals surface area contributed by atoms with E-state index in [1.807, 2.05) is 16.7 Å². The molecule has 23 heavy (non-hydrogen) atoms. The smallest absolute Gasteiger partial charge is 0.222 e. The Morgan fingerprint density at radius 3 is 2.78 bits per heavy atom. The quantitative estimate of drug-likeness (QED) is 0.300. The molecular formula is C16H31IN4OS. The zero-order valence-corrected chi connectivity index (χ0v) is 17.8. The number of halogens is 1. The third kappa shape index (κ3) is 6.68. The molecule has 2 heterocycles. The first kappa shape index (κ1) is 20.9. The molecule has 0 aromatic carbocycles. The largest absolute Gasteiger partial charge is 0.357 e. The normalized spacial score (nSPS) is 21.3. The van der Waals surface area contributed by atoms with E-state index in [0.29, 0.717) is 5.91 Å². The van der Waals surface area contributed by atoms with Crippen LogP contribution in [0.4, 0.5) is 0 Å². The minimum Gasteiger partial charge on any atom is -0.357 e. The van der Waals surface area contributed by atoms with Crippen LogP contribution >= 0.6 is 35.7 Å². The van der Waals surface area contributed by atoms with Crippen LogP contribution in [-0.4, -0.2) is 71.4 Å². The van der Waals surface area contributed by atoms with Crippen molar-refractivity contribution in [3.63, 3.8) is 0 Å². The standard InChI is InChI=1S/C16H30N4OS.HI/c1-4-17-15(20-11-12-22-16(2,3)13-20)18-8-6-10-19-9-5-7-14(19)21;/h4-13H2,1-3H3,(H,17,18);1H. The lowest BCUT2D eigenvalue weighted by molar-refractivity contribution is -0.127. The van der Waals surface area contributed by atoms with Crippen LogP contribution in [0.25, 0.3) is 0 Å². The zero-order valence-electron chi connectivity index (χ0n) is 14.6. The van der Waals surface area contributed by atoms with E-state index in [1.54, 1.807) is 0 Å². The van der Waals surface area contributed by atoms with E-state index in [-0.39, 0.29) is 28.7 Å². The van der Waals surface area contributed by atoms with Crippen LogP contribution in [0.15, 0.2) is 4.99 Å². The first-order valence-corrected chi connectivity index (χ1v) is 9.45. The Balaban J connectivity index is 0.00000264. The summed E-state index contributed by atoms with van der Waals surface area (Å²) in [5.74, 6) is 2.49. The van der Waals surface area contributed by atoms with Gasteiger partial charge in [-0.2, -0.15) is 11.8 Å². The molecule has 7 heteroatoms. The van der Waals surface area contributed by atoms with E-state index in [9.17, 15) is 4.79 Å². The van der Waals surface area contributed by atoms with Crippen molar-refractivity contribution in [2.75, 3.05) is 45.0 Å². The number of nitrogens with zero attached hydrogens (tertiary/aromatic N) is 3. The van der Waals surface area contributed by atoms with Crippen LogP contribution in [0.1, 0.15) is 40.0 Å². The summed E-state index contributed by atoms with van der Waals surface area (Å²) >= 11 is 2.04. The summed E-state index contributed by atoms with van der Waals surface area (Å²) in [6, 6.07) is 0. The van der Waals surface area contributed by atoms with Gasteiger partial charge >= 0.3 is 0 Å². The van der Waals surface area contributed by atoms with Gasteiger partial charge in [0.1, 0.15) is 0 Å². The number of likely N-dealkylation sites (tertiary alicyclic amines) is 1. The van der Waals surface area contributed by atoms with E-state index in [2.05, 4.69) is 31.0 Å². The summed E-state index contributed by atoms with van der Waals surface area (Å²) in [6.45, 7) is 12.3. The number of nitrogens with one attached hydrogen (secondary N) is 1. The lowest BCUT2D eigenvalue weighted by Gasteiger charge is -2.39.